The van der Waals surface area contributed by atoms with Gasteiger partial charge in [0, 0.05) is 0 Å². The molecule has 90 valence electrons. The molecule has 4 nitrogen and oxygen atoms in total. The number of methoxy groups -OCH3 is 2. The summed E-state index contributed by atoms with van der Waals surface area (Å²) in [7, 11) is 3.28. The lowest BCUT2D eigenvalue weighted by molar-refractivity contribution is 0.410. The number of hydrogen-bond acceptors (Lipinski definition) is 3. The van der Waals surface area contributed by atoms with E-state index in [0.717, 1.165) is 21.7 Å². The predicted molar refractivity (Wildman–Crippen MR) is 68.6 cm³/mol. The van der Waals surface area contributed by atoms with Gasteiger partial charge in [0.2, 0.25) is 0 Å². The zero-order valence-corrected chi connectivity index (χ0v) is 11.3. The smallest absolute Gasteiger partial charge is 0.171 e. The van der Waals surface area contributed by atoms with Crippen molar-refractivity contribution in [2.75, 3.05) is 14.2 Å². The third-order valence-electron chi connectivity index (χ3n) is 2.46. The summed E-state index contributed by atoms with van der Waals surface area (Å²) >= 11 is 3.45. The highest BCUT2D eigenvalue weighted by atomic mass is 79.9. The zero-order valence-electron chi connectivity index (χ0n) is 9.68. The Bertz CT molecular complexity index is 494. The molecule has 0 aliphatic rings. The zero-order chi connectivity index (χ0) is 12.3. The van der Waals surface area contributed by atoms with Crippen LogP contribution in [0, 0.1) is 0 Å². The van der Waals surface area contributed by atoms with E-state index < -0.39 is 0 Å². The van der Waals surface area contributed by atoms with Gasteiger partial charge >= 0.3 is 0 Å². The first kappa shape index (κ1) is 12.0. The summed E-state index contributed by atoms with van der Waals surface area (Å²) in [6.45, 7) is 0.688. The van der Waals surface area contributed by atoms with Gasteiger partial charge in [0.15, 0.2) is 5.75 Å². The van der Waals surface area contributed by atoms with E-state index in [9.17, 15) is 0 Å². The van der Waals surface area contributed by atoms with Crippen molar-refractivity contribution >= 4 is 15.9 Å². The van der Waals surface area contributed by atoms with Crippen molar-refractivity contribution in [3.8, 4) is 11.5 Å². The van der Waals surface area contributed by atoms with Crippen molar-refractivity contribution in [3.05, 3.63) is 40.6 Å². The molecule has 0 spiro atoms. The fraction of sp³-hybridized carbons (Fsp3) is 0.250. The van der Waals surface area contributed by atoms with Crippen LogP contribution >= 0.6 is 15.9 Å². The Morgan fingerprint density at radius 1 is 1.18 bits per heavy atom. The van der Waals surface area contributed by atoms with Gasteiger partial charge in [0.25, 0.3) is 0 Å². The molecule has 2 aromatic rings. The third kappa shape index (κ3) is 2.61. The van der Waals surface area contributed by atoms with Gasteiger partial charge in [0.05, 0.1) is 27.0 Å². The van der Waals surface area contributed by atoms with Crippen molar-refractivity contribution in [3.63, 3.8) is 0 Å². The van der Waals surface area contributed by atoms with E-state index in [0.29, 0.717) is 6.54 Å². The molecule has 17 heavy (non-hydrogen) atoms. The van der Waals surface area contributed by atoms with Gasteiger partial charge < -0.3 is 9.47 Å². The summed E-state index contributed by atoms with van der Waals surface area (Å²) in [5, 5.41) is 4.24. The Labute approximate surface area is 108 Å². The molecule has 0 aliphatic carbocycles. The topological polar surface area (TPSA) is 36.3 Å². The molecular weight excluding hydrogens is 284 g/mol. The van der Waals surface area contributed by atoms with Crippen LogP contribution < -0.4 is 9.47 Å². The molecular formula is C12H13BrN2O2. The molecule has 0 bridgehead atoms. The second-order valence-electron chi connectivity index (χ2n) is 3.51. The number of hydrogen-bond donors (Lipinski definition) is 0. The highest BCUT2D eigenvalue weighted by Crippen LogP contribution is 2.24. The Balaban J connectivity index is 2.16. The summed E-state index contributed by atoms with van der Waals surface area (Å²) in [6, 6.07) is 7.90. The second kappa shape index (κ2) is 5.23. The maximum Gasteiger partial charge on any atom is 0.171 e. The van der Waals surface area contributed by atoms with Crippen LogP contribution in [0.2, 0.25) is 0 Å². The molecule has 0 unspecified atom stereocenters. The number of ether oxygens (including phenoxy) is 2. The number of benzene rings is 1. The highest BCUT2D eigenvalue weighted by molar-refractivity contribution is 9.10. The summed E-state index contributed by atoms with van der Waals surface area (Å²) in [6.07, 6.45) is 1.69. The van der Waals surface area contributed by atoms with E-state index in [4.69, 9.17) is 9.47 Å². The molecule has 5 heteroatoms. The van der Waals surface area contributed by atoms with Gasteiger partial charge in [0.1, 0.15) is 10.4 Å². The molecule has 0 atom stereocenters. The van der Waals surface area contributed by atoms with E-state index in [1.54, 1.807) is 20.4 Å². The van der Waals surface area contributed by atoms with Crippen molar-refractivity contribution in [1.29, 1.82) is 0 Å². The highest BCUT2D eigenvalue weighted by Gasteiger charge is 2.08. The lowest BCUT2D eigenvalue weighted by atomic mass is 10.2. The van der Waals surface area contributed by atoms with Crippen LogP contribution in [0.5, 0.6) is 11.5 Å². The van der Waals surface area contributed by atoms with Gasteiger partial charge in [-0.3, -0.25) is 4.68 Å². The second-order valence-corrected chi connectivity index (χ2v) is 4.26. The van der Waals surface area contributed by atoms with Gasteiger partial charge in [-0.05, 0) is 33.6 Å². The fourth-order valence-corrected chi connectivity index (χ4v) is 1.99. The largest absolute Gasteiger partial charge is 0.497 e. The lowest BCUT2D eigenvalue weighted by Gasteiger charge is -2.05. The monoisotopic (exact) mass is 296 g/mol. The van der Waals surface area contributed by atoms with Crippen molar-refractivity contribution in [1.82, 2.24) is 9.78 Å². The average molecular weight is 297 g/mol. The van der Waals surface area contributed by atoms with Gasteiger partial charge in [-0.2, -0.15) is 5.10 Å². The molecule has 1 heterocycles. The first-order chi connectivity index (χ1) is 8.24. The molecule has 0 aliphatic heterocycles. The van der Waals surface area contributed by atoms with Crippen LogP contribution in [0.25, 0.3) is 0 Å². The number of nitrogens with zero attached hydrogens (tertiary/aromatic N) is 2. The molecule has 0 radical (unpaired) electrons. The SMILES string of the molecule is COc1ccc(Cn2ncc(OC)c2Br)cc1. The van der Waals surface area contributed by atoms with E-state index in [1.807, 2.05) is 28.9 Å². The number of rotatable bonds is 4. The minimum atomic E-state index is 0.688. The van der Waals surface area contributed by atoms with Crippen molar-refractivity contribution in [2.24, 2.45) is 0 Å². The Morgan fingerprint density at radius 2 is 1.88 bits per heavy atom. The summed E-state index contributed by atoms with van der Waals surface area (Å²) in [5.41, 5.74) is 1.15. The van der Waals surface area contributed by atoms with Crippen LogP contribution in [0.4, 0.5) is 0 Å². The van der Waals surface area contributed by atoms with E-state index in [1.165, 1.54) is 0 Å². The Hall–Kier alpha value is -1.49. The summed E-state index contributed by atoms with van der Waals surface area (Å²) in [4.78, 5) is 0. The molecule has 1 aromatic heterocycles. The standard InChI is InChI=1S/C12H13BrN2O2/c1-16-10-5-3-9(4-6-10)8-15-12(13)11(17-2)7-14-15/h3-7H,8H2,1-2H3. The lowest BCUT2D eigenvalue weighted by Crippen LogP contribution is -2.01. The van der Waals surface area contributed by atoms with E-state index >= 15 is 0 Å². The Kier molecular flexibility index (Phi) is 3.68. The average Bonchev–Trinajstić information content (AvgIpc) is 2.71. The van der Waals surface area contributed by atoms with Crippen molar-refractivity contribution < 1.29 is 9.47 Å². The summed E-state index contributed by atoms with van der Waals surface area (Å²) in [5.74, 6) is 1.59. The molecule has 0 fully saturated rings. The first-order valence-electron chi connectivity index (χ1n) is 5.13. The third-order valence-corrected chi connectivity index (χ3v) is 3.26. The molecule has 0 saturated carbocycles. The van der Waals surface area contributed by atoms with Crippen LogP contribution in [-0.2, 0) is 6.54 Å². The van der Waals surface area contributed by atoms with Crippen LogP contribution in [-0.4, -0.2) is 24.0 Å². The van der Waals surface area contributed by atoms with E-state index in [2.05, 4.69) is 21.0 Å². The van der Waals surface area contributed by atoms with Crippen LogP contribution in [0.1, 0.15) is 5.56 Å². The van der Waals surface area contributed by atoms with Gasteiger partial charge in [-0.1, -0.05) is 12.1 Å². The molecule has 2 rings (SSSR count). The maximum atomic E-state index is 5.15. The molecule has 1 aromatic carbocycles. The molecule has 0 saturated heterocycles. The first-order valence-corrected chi connectivity index (χ1v) is 5.92. The van der Waals surface area contributed by atoms with Crippen molar-refractivity contribution in [2.45, 2.75) is 6.54 Å². The van der Waals surface area contributed by atoms with Gasteiger partial charge in [-0.15, -0.1) is 0 Å². The minimum Gasteiger partial charge on any atom is -0.497 e. The van der Waals surface area contributed by atoms with Gasteiger partial charge in [-0.25, -0.2) is 0 Å². The van der Waals surface area contributed by atoms with Crippen LogP contribution in [0.3, 0.4) is 0 Å². The number of halogens is 1. The number of aromatic nitrogens is 2. The quantitative estimate of drug-likeness (QED) is 0.870. The molecule has 0 amide bonds. The maximum absolute atomic E-state index is 5.15. The van der Waals surface area contributed by atoms with Crippen LogP contribution in [0.15, 0.2) is 35.1 Å². The fourth-order valence-electron chi connectivity index (χ4n) is 1.50. The minimum absolute atomic E-state index is 0.688. The summed E-state index contributed by atoms with van der Waals surface area (Å²) < 4.78 is 12.9. The van der Waals surface area contributed by atoms with E-state index in [-0.39, 0.29) is 0 Å². The molecule has 0 N–H and O–H groups in total. The predicted octanol–water partition coefficient (Wildman–Crippen LogP) is 2.71. The normalized spacial score (nSPS) is 10.3. The Morgan fingerprint density at radius 3 is 2.41 bits per heavy atom.